The molecule has 84 valence electrons. The summed E-state index contributed by atoms with van der Waals surface area (Å²) in [5.74, 6) is -0.0624. The number of carbonyl (C=O) groups is 1. The van der Waals surface area contributed by atoms with Crippen LogP contribution in [0.15, 0.2) is 23.8 Å². The van der Waals surface area contributed by atoms with Gasteiger partial charge in [-0.1, -0.05) is 44.6 Å². The number of hydrogen-bond acceptors (Lipinski definition) is 1. The lowest BCUT2D eigenvalue weighted by Crippen LogP contribution is -2.19. The number of aliphatic carboxylic acids is 1. The first-order valence-corrected chi connectivity index (χ1v) is 5.51. The zero-order valence-corrected chi connectivity index (χ0v) is 9.79. The Bertz CT molecular complexity index is 300. The van der Waals surface area contributed by atoms with Gasteiger partial charge in [0.15, 0.2) is 0 Å². The summed E-state index contributed by atoms with van der Waals surface area (Å²) in [6.07, 6.45) is 8.47. The molecule has 0 aromatic heterocycles. The van der Waals surface area contributed by atoms with Crippen molar-refractivity contribution in [3.05, 3.63) is 23.8 Å². The maximum absolute atomic E-state index is 10.7. The molecule has 0 aromatic rings. The average Bonchev–Trinajstić information content (AvgIpc) is 2.07. The Balaban J connectivity index is 2.58. The fraction of sp³-hybridized carbons (Fsp3) is 0.615. The van der Waals surface area contributed by atoms with Crippen LogP contribution in [0.5, 0.6) is 0 Å². The van der Waals surface area contributed by atoms with Gasteiger partial charge in [0.2, 0.25) is 0 Å². The van der Waals surface area contributed by atoms with E-state index in [4.69, 9.17) is 5.11 Å². The van der Waals surface area contributed by atoms with Gasteiger partial charge in [-0.3, -0.25) is 4.79 Å². The maximum atomic E-state index is 10.7. The summed E-state index contributed by atoms with van der Waals surface area (Å²) in [5.41, 5.74) is 1.15. The van der Waals surface area contributed by atoms with E-state index in [0.29, 0.717) is 5.92 Å². The second-order valence-electron chi connectivity index (χ2n) is 5.14. The van der Waals surface area contributed by atoms with Crippen LogP contribution in [0.25, 0.3) is 0 Å². The van der Waals surface area contributed by atoms with E-state index < -0.39 is 5.97 Å². The van der Waals surface area contributed by atoms with E-state index in [-0.39, 0.29) is 11.8 Å². The normalized spacial score (nSPS) is 25.5. The van der Waals surface area contributed by atoms with Crippen molar-refractivity contribution in [2.24, 2.45) is 11.3 Å². The van der Waals surface area contributed by atoms with Crippen LogP contribution in [0.4, 0.5) is 0 Å². The highest BCUT2D eigenvalue weighted by Crippen LogP contribution is 2.34. The van der Waals surface area contributed by atoms with Crippen molar-refractivity contribution in [1.29, 1.82) is 0 Å². The first-order valence-electron chi connectivity index (χ1n) is 5.51. The van der Waals surface area contributed by atoms with Crippen molar-refractivity contribution >= 4 is 5.97 Å². The van der Waals surface area contributed by atoms with Gasteiger partial charge in [-0.15, -0.1) is 0 Å². The zero-order valence-electron chi connectivity index (χ0n) is 9.79. The highest BCUT2D eigenvalue weighted by Gasteiger charge is 2.25. The summed E-state index contributed by atoms with van der Waals surface area (Å²) in [6.45, 7) is 6.39. The molecule has 0 bridgehead atoms. The van der Waals surface area contributed by atoms with Gasteiger partial charge in [0.05, 0.1) is 6.42 Å². The highest BCUT2D eigenvalue weighted by atomic mass is 16.4. The van der Waals surface area contributed by atoms with Crippen molar-refractivity contribution < 1.29 is 9.90 Å². The quantitative estimate of drug-likeness (QED) is 0.768. The molecule has 1 aliphatic rings. The number of rotatable bonds is 4. The molecule has 2 heteroatoms. The van der Waals surface area contributed by atoms with Crippen LogP contribution in [0.1, 0.15) is 40.0 Å². The topological polar surface area (TPSA) is 37.3 Å². The lowest BCUT2D eigenvalue weighted by Gasteiger charge is -2.26. The molecule has 0 aromatic carbocycles. The summed E-state index contributed by atoms with van der Waals surface area (Å²) < 4.78 is 0. The number of allylic oxidation sites excluding steroid dienone is 4. The third-order valence-electron chi connectivity index (χ3n) is 2.73. The molecule has 0 saturated carbocycles. The van der Waals surface area contributed by atoms with Crippen molar-refractivity contribution in [3.8, 4) is 0 Å². The minimum atomic E-state index is -0.720. The minimum absolute atomic E-state index is 0.188. The molecule has 0 aliphatic heterocycles. The molecule has 0 fully saturated rings. The maximum Gasteiger partial charge on any atom is 0.304 e. The van der Waals surface area contributed by atoms with Crippen LogP contribution >= 0.6 is 0 Å². The van der Waals surface area contributed by atoms with E-state index in [0.717, 1.165) is 12.8 Å². The zero-order chi connectivity index (χ0) is 11.5. The fourth-order valence-corrected chi connectivity index (χ4v) is 1.91. The molecule has 0 saturated heterocycles. The van der Waals surface area contributed by atoms with E-state index >= 15 is 0 Å². The predicted octanol–water partition coefficient (Wildman–Crippen LogP) is 3.40. The van der Waals surface area contributed by atoms with Crippen molar-refractivity contribution in [2.45, 2.75) is 40.0 Å². The number of carboxylic acid groups (broad SMARTS) is 1. The Morgan fingerprint density at radius 2 is 2.27 bits per heavy atom. The molecule has 1 rings (SSSR count). The van der Waals surface area contributed by atoms with Crippen LogP contribution in [-0.4, -0.2) is 11.1 Å². The van der Waals surface area contributed by atoms with Gasteiger partial charge in [-0.05, 0) is 24.2 Å². The summed E-state index contributed by atoms with van der Waals surface area (Å²) >= 11 is 0. The number of hydrogen-bond donors (Lipinski definition) is 1. The Morgan fingerprint density at radius 1 is 1.60 bits per heavy atom. The summed E-state index contributed by atoms with van der Waals surface area (Å²) in [6, 6.07) is 0. The first-order chi connectivity index (χ1) is 6.91. The average molecular weight is 208 g/mol. The summed E-state index contributed by atoms with van der Waals surface area (Å²) in [7, 11) is 0. The van der Waals surface area contributed by atoms with Crippen molar-refractivity contribution in [1.82, 2.24) is 0 Å². The van der Waals surface area contributed by atoms with E-state index in [2.05, 4.69) is 32.1 Å². The summed E-state index contributed by atoms with van der Waals surface area (Å²) in [5, 5.41) is 8.79. The van der Waals surface area contributed by atoms with Crippen LogP contribution in [0, 0.1) is 11.3 Å². The van der Waals surface area contributed by atoms with E-state index in [1.54, 1.807) is 0 Å². The number of carboxylic acids is 1. The van der Waals surface area contributed by atoms with Crippen molar-refractivity contribution in [2.75, 3.05) is 0 Å². The van der Waals surface area contributed by atoms with E-state index in [9.17, 15) is 4.79 Å². The molecule has 1 N–H and O–H groups in total. The van der Waals surface area contributed by atoms with Gasteiger partial charge in [-0.2, -0.15) is 0 Å². The Hall–Kier alpha value is -1.05. The fourth-order valence-electron chi connectivity index (χ4n) is 1.91. The largest absolute Gasteiger partial charge is 0.481 e. The lowest BCUT2D eigenvalue weighted by molar-refractivity contribution is -0.138. The lowest BCUT2D eigenvalue weighted by atomic mass is 9.78. The van der Waals surface area contributed by atoms with Crippen LogP contribution in [-0.2, 0) is 4.79 Å². The monoisotopic (exact) mass is 208 g/mol. The molecule has 2 nitrogen and oxygen atoms in total. The molecule has 1 atom stereocenters. The smallest absolute Gasteiger partial charge is 0.304 e. The molecule has 0 spiro atoms. The van der Waals surface area contributed by atoms with Gasteiger partial charge < -0.3 is 5.11 Å². The predicted molar refractivity (Wildman–Crippen MR) is 61.7 cm³/mol. The van der Waals surface area contributed by atoms with Crippen LogP contribution < -0.4 is 0 Å². The van der Waals surface area contributed by atoms with Gasteiger partial charge in [0.1, 0.15) is 0 Å². The minimum Gasteiger partial charge on any atom is -0.481 e. The molecule has 0 radical (unpaired) electrons. The second-order valence-corrected chi connectivity index (χ2v) is 5.14. The Morgan fingerprint density at radius 3 is 2.67 bits per heavy atom. The SMILES string of the molecule is CC(C)CC1=CCC(C)(CC(=O)O)C=C1. The molecule has 0 heterocycles. The Labute approximate surface area is 91.7 Å². The van der Waals surface area contributed by atoms with E-state index in [1.165, 1.54) is 5.57 Å². The van der Waals surface area contributed by atoms with Crippen molar-refractivity contribution in [3.63, 3.8) is 0 Å². The molecular weight excluding hydrogens is 188 g/mol. The van der Waals surface area contributed by atoms with E-state index in [1.807, 2.05) is 6.92 Å². The van der Waals surface area contributed by atoms with Gasteiger partial charge in [0, 0.05) is 0 Å². The van der Waals surface area contributed by atoms with Crippen LogP contribution in [0.3, 0.4) is 0 Å². The molecule has 15 heavy (non-hydrogen) atoms. The standard InChI is InChI=1S/C13H20O2/c1-10(2)8-11-4-6-13(3,7-5-11)9-12(14)15/h4-6,10H,7-9H2,1-3H3,(H,14,15). The Kier molecular flexibility index (Phi) is 3.72. The molecule has 1 unspecified atom stereocenters. The molecule has 0 amide bonds. The van der Waals surface area contributed by atoms with Gasteiger partial charge in [-0.25, -0.2) is 0 Å². The third-order valence-corrected chi connectivity index (χ3v) is 2.73. The van der Waals surface area contributed by atoms with Gasteiger partial charge >= 0.3 is 5.97 Å². The van der Waals surface area contributed by atoms with Gasteiger partial charge in [0.25, 0.3) is 0 Å². The highest BCUT2D eigenvalue weighted by molar-refractivity contribution is 5.68. The summed E-state index contributed by atoms with van der Waals surface area (Å²) in [4.78, 5) is 10.7. The third kappa shape index (κ3) is 3.90. The second kappa shape index (κ2) is 4.65. The first kappa shape index (κ1) is 12.0. The van der Waals surface area contributed by atoms with Crippen LogP contribution in [0.2, 0.25) is 0 Å². The molecule has 1 aliphatic carbocycles. The molecular formula is C13H20O2.